The second-order valence-corrected chi connectivity index (χ2v) is 8.23. The summed E-state index contributed by atoms with van der Waals surface area (Å²) < 4.78 is 7.07. The minimum atomic E-state index is 0.00627. The van der Waals surface area contributed by atoms with E-state index in [1.165, 1.54) is 5.56 Å². The van der Waals surface area contributed by atoms with Crippen LogP contribution in [0, 0.1) is 12.1 Å². The average Bonchev–Trinajstić information content (AvgIpc) is 3.16. The number of nitrogen functional groups attached to an aromatic ring is 1. The Morgan fingerprint density at radius 2 is 1.90 bits per heavy atom. The van der Waals surface area contributed by atoms with Gasteiger partial charge in [0.15, 0.2) is 0 Å². The van der Waals surface area contributed by atoms with E-state index in [4.69, 9.17) is 10.5 Å². The van der Waals surface area contributed by atoms with Crippen LogP contribution in [0.3, 0.4) is 0 Å². The molecule has 0 aliphatic rings. The average molecular weight is 388 g/mol. The lowest BCUT2D eigenvalue weighted by Gasteiger charge is -2.20. The summed E-state index contributed by atoms with van der Waals surface area (Å²) in [5.74, 6) is 1.14. The lowest BCUT2D eigenvalue weighted by molar-refractivity contribution is -0.586. The number of anilines is 1. The van der Waals surface area contributed by atoms with Gasteiger partial charge in [-0.05, 0) is 48.2 Å². The van der Waals surface area contributed by atoms with Crippen LogP contribution in [-0.2, 0) is 5.41 Å². The number of rotatable bonds is 3. The van der Waals surface area contributed by atoms with E-state index in [0.29, 0.717) is 28.7 Å². The number of hydrogen-bond acceptors (Lipinski definition) is 4. The molecule has 1 aromatic carbocycles. The lowest BCUT2D eigenvalue weighted by atomic mass is 9.87. The number of aromatic amines is 1. The second-order valence-electron chi connectivity index (χ2n) is 8.23. The van der Waals surface area contributed by atoms with Crippen LogP contribution in [-0.4, -0.2) is 9.97 Å². The van der Waals surface area contributed by atoms with Gasteiger partial charge in [-0.15, -0.1) is 0 Å². The van der Waals surface area contributed by atoms with Crippen molar-refractivity contribution in [2.75, 3.05) is 5.73 Å². The largest absolute Gasteiger partial charge is 0.710 e. The summed E-state index contributed by atoms with van der Waals surface area (Å²) in [5, 5.41) is 13.1. The van der Waals surface area contributed by atoms with E-state index in [9.17, 15) is 5.21 Å². The van der Waals surface area contributed by atoms with Gasteiger partial charge in [-0.3, -0.25) is 0 Å². The van der Waals surface area contributed by atoms with Crippen LogP contribution in [0.2, 0.25) is 0 Å². The first-order valence-electron chi connectivity index (χ1n) is 9.48. The zero-order valence-electron chi connectivity index (χ0n) is 17.0. The number of aryl methyl sites for hydroxylation is 1. The van der Waals surface area contributed by atoms with Crippen LogP contribution in [0.4, 0.5) is 5.69 Å². The molecule has 29 heavy (non-hydrogen) atoms. The maximum absolute atomic E-state index is 12.4. The maximum atomic E-state index is 12.4. The summed E-state index contributed by atoms with van der Waals surface area (Å²) in [4.78, 5) is 7.45. The van der Waals surface area contributed by atoms with Crippen molar-refractivity contribution in [1.82, 2.24) is 9.97 Å². The van der Waals surface area contributed by atoms with Crippen LogP contribution >= 0.6 is 0 Å². The predicted molar refractivity (Wildman–Crippen MR) is 115 cm³/mol. The van der Waals surface area contributed by atoms with Crippen LogP contribution in [0.1, 0.15) is 32.0 Å². The Morgan fingerprint density at radius 1 is 1.10 bits per heavy atom. The third-order valence-corrected chi connectivity index (χ3v) is 4.97. The Balaban J connectivity index is 1.85. The first-order valence-corrected chi connectivity index (χ1v) is 9.48. The van der Waals surface area contributed by atoms with E-state index < -0.39 is 0 Å². The Hall–Kier alpha value is -3.54. The summed E-state index contributed by atoms with van der Waals surface area (Å²) in [6.45, 7) is 8.25. The van der Waals surface area contributed by atoms with Crippen molar-refractivity contribution in [1.29, 1.82) is 0 Å². The molecule has 0 spiro atoms. The Morgan fingerprint density at radius 3 is 2.66 bits per heavy atom. The molecule has 0 saturated heterocycles. The highest BCUT2D eigenvalue weighted by Gasteiger charge is 2.19. The van der Waals surface area contributed by atoms with Gasteiger partial charge >= 0.3 is 0 Å². The van der Waals surface area contributed by atoms with E-state index in [-0.39, 0.29) is 5.41 Å². The van der Waals surface area contributed by atoms with Gasteiger partial charge in [0, 0.05) is 11.1 Å². The topological polar surface area (TPSA) is 90.9 Å². The van der Waals surface area contributed by atoms with E-state index >= 15 is 0 Å². The van der Waals surface area contributed by atoms with Crippen LogP contribution in [0.15, 0.2) is 54.9 Å². The number of nitrogens with zero attached hydrogens (tertiary/aromatic N) is 2. The fraction of sp³-hybridized carbons (Fsp3) is 0.217. The van der Waals surface area contributed by atoms with Crippen molar-refractivity contribution < 1.29 is 9.47 Å². The molecule has 0 amide bonds. The van der Waals surface area contributed by atoms with Gasteiger partial charge in [-0.1, -0.05) is 32.9 Å². The first-order chi connectivity index (χ1) is 13.7. The fourth-order valence-electron chi connectivity index (χ4n) is 3.37. The summed E-state index contributed by atoms with van der Waals surface area (Å²) in [6, 6.07) is 13.5. The van der Waals surface area contributed by atoms with Gasteiger partial charge in [-0.2, -0.15) is 0 Å². The molecule has 148 valence electrons. The van der Waals surface area contributed by atoms with Gasteiger partial charge in [0.1, 0.15) is 11.4 Å². The van der Waals surface area contributed by atoms with Crippen molar-refractivity contribution in [3.05, 3.63) is 71.3 Å². The maximum Gasteiger partial charge on any atom is 0.290 e. The van der Waals surface area contributed by atoms with Crippen LogP contribution in [0.25, 0.3) is 22.2 Å². The molecule has 0 aliphatic heterocycles. The molecular weight excluding hydrogens is 364 g/mol. The second kappa shape index (κ2) is 6.81. The normalized spacial score (nSPS) is 11.7. The fourth-order valence-corrected chi connectivity index (χ4v) is 3.37. The minimum absolute atomic E-state index is 0.00627. The Labute approximate surface area is 169 Å². The van der Waals surface area contributed by atoms with Crippen molar-refractivity contribution >= 4 is 16.7 Å². The molecule has 0 bridgehead atoms. The van der Waals surface area contributed by atoms with E-state index in [1.807, 2.05) is 36.4 Å². The summed E-state index contributed by atoms with van der Waals surface area (Å²) >= 11 is 0. The number of aromatic nitrogens is 3. The van der Waals surface area contributed by atoms with Crippen molar-refractivity contribution in [2.45, 2.75) is 33.1 Å². The summed E-state index contributed by atoms with van der Waals surface area (Å²) in [5.41, 5.74) is 10.4. The van der Waals surface area contributed by atoms with Gasteiger partial charge in [0.05, 0.1) is 23.5 Å². The molecule has 4 aromatic rings. The van der Waals surface area contributed by atoms with Crippen LogP contribution < -0.4 is 15.2 Å². The molecule has 3 N–H and O–H groups in total. The number of nitrogens with one attached hydrogen (secondary N) is 1. The number of fused-ring (bicyclic) bond motifs is 1. The molecule has 6 nitrogen and oxygen atoms in total. The molecule has 3 aromatic heterocycles. The van der Waals surface area contributed by atoms with Crippen molar-refractivity contribution in [3.8, 4) is 22.8 Å². The third-order valence-electron chi connectivity index (χ3n) is 4.97. The highest BCUT2D eigenvalue weighted by Crippen LogP contribution is 2.37. The molecular formula is C23H24N4O2. The first kappa shape index (κ1) is 18.8. The Bertz CT molecular complexity index is 1210. The standard InChI is InChI=1S/C23H24N4O2/c1-14-10-19(18-8-9-25-21(18)27(14)28)20-12-16(24)13-26-22(20)29-17-7-5-6-15(11-17)23(2,3)4/h5-13,25H,24H2,1-4H3. The molecule has 6 heteroatoms. The lowest BCUT2D eigenvalue weighted by Crippen LogP contribution is -2.31. The molecule has 0 radical (unpaired) electrons. The number of benzene rings is 1. The molecule has 0 unspecified atom stereocenters. The minimum Gasteiger partial charge on any atom is -0.710 e. The third kappa shape index (κ3) is 3.49. The number of pyridine rings is 2. The van der Waals surface area contributed by atoms with Crippen molar-refractivity contribution in [3.63, 3.8) is 0 Å². The van der Waals surface area contributed by atoms with Gasteiger partial charge in [-0.25, -0.2) is 14.7 Å². The smallest absolute Gasteiger partial charge is 0.290 e. The molecule has 3 heterocycles. The van der Waals surface area contributed by atoms with E-state index in [1.54, 1.807) is 19.3 Å². The monoisotopic (exact) mass is 388 g/mol. The number of hydrogen-bond donors (Lipinski definition) is 2. The highest BCUT2D eigenvalue weighted by molar-refractivity contribution is 5.93. The van der Waals surface area contributed by atoms with E-state index in [0.717, 1.165) is 21.2 Å². The molecule has 4 rings (SSSR count). The summed E-state index contributed by atoms with van der Waals surface area (Å²) in [6.07, 6.45) is 3.32. The van der Waals surface area contributed by atoms with Gasteiger partial charge in [0.25, 0.3) is 5.65 Å². The number of H-pyrrole nitrogens is 1. The van der Waals surface area contributed by atoms with Crippen LogP contribution in [0.5, 0.6) is 11.6 Å². The summed E-state index contributed by atoms with van der Waals surface area (Å²) in [7, 11) is 0. The zero-order valence-corrected chi connectivity index (χ0v) is 17.0. The van der Waals surface area contributed by atoms with Gasteiger partial charge in [0.2, 0.25) is 5.88 Å². The highest BCUT2D eigenvalue weighted by atomic mass is 16.5. The molecule has 0 fully saturated rings. The SMILES string of the molecule is Cc1cc(-c2cc(N)cnc2Oc2cccc(C(C)(C)C)c2)c2cc[nH]c2[n+]1[O-]. The Kier molecular flexibility index (Phi) is 4.42. The van der Waals surface area contributed by atoms with Crippen molar-refractivity contribution in [2.24, 2.45) is 0 Å². The quantitative estimate of drug-likeness (QED) is 0.388. The number of ether oxygens (including phenoxy) is 1. The molecule has 0 saturated carbocycles. The van der Waals surface area contributed by atoms with Gasteiger partial charge < -0.3 is 15.7 Å². The van der Waals surface area contributed by atoms with E-state index in [2.05, 4.69) is 36.8 Å². The zero-order chi connectivity index (χ0) is 20.8. The number of nitrogens with two attached hydrogens (primary N) is 1. The predicted octanol–water partition coefficient (Wildman–Crippen LogP) is 4.84. The molecule has 0 atom stereocenters. The molecule has 0 aliphatic carbocycles.